The van der Waals surface area contributed by atoms with Gasteiger partial charge in [-0.25, -0.2) is 4.79 Å². The van der Waals surface area contributed by atoms with Gasteiger partial charge in [-0.15, -0.1) is 11.3 Å². The van der Waals surface area contributed by atoms with Crippen molar-refractivity contribution in [3.05, 3.63) is 51.9 Å². The second-order valence-electron chi connectivity index (χ2n) is 8.61. The van der Waals surface area contributed by atoms with E-state index in [0.717, 1.165) is 43.2 Å². The van der Waals surface area contributed by atoms with Gasteiger partial charge in [0.05, 0.1) is 18.2 Å². The molecule has 6 heteroatoms. The van der Waals surface area contributed by atoms with Crippen LogP contribution in [0.3, 0.4) is 0 Å². The molecular weight excluding hydrogens is 408 g/mol. The highest BCUT2D eigenvalue weighted by atomic mass is 32.1. The maximum absolute atomic E-state index is 13.5. The summed E-state index contributed by atoms with van der Waals surface area (Å²) in [5.74, 6) is 0.167. The third-order valence-corrected chi connectivity index (χ3v) is 7.10. The minimum absolute atomic E-state index is 0.0913. The summed E-state index contributed by atoms with van der Waals surface area (Å²) in [5.41, 5.74) is 2.60. The van der Waals surface area contributed by atoms with Gasteiger partial charge < -0.3 is 15.4 Å². The molecule has 3 rings (SSSR count). The van der Waals surface area contributed by atoms with Crippen molar-refractivity contribution in [2.24, 2.45) is 5.92 Å². The summed E-state index contributed by atoms with van der Waals surface area (Å²) < 4.78 is 5.35. The van der Waals surface area contributed by atoms with Crippen LogP contribution in [0.15, 0.2) is 30.3 Å². The summed E-state index contributed by atoms with van der Waals surface area (Å²) in [4.78, 5) is 27.5. The van der Waals surface area contributed by atoms with Crippen molar-refractivity contribution >= 4 is 28.2 Å². The van der Waals surface area contributed by atoms with E-state index in [1.807, 2.05) is 37.3 Å². The van der Waals surface area contributed by atoms with E-state index in [1.54, 1.807) is 11.3 Å². The first kappa shape index (κ1) is 23.5. The lowest BCUT2D eigenvalue weighted by Gasteiger charge is -2.20. The lowest BCUT2D eigenvalue weighted by molar-refractivity contribution is -0.712. The number of thiophene rings is 1. The summed E-state index contributed by atoms with van der Waals surface area (Å²) in [6, 6.07) is 9.83. The molecule has 0 fully saturated rings. The number of anilines is 1. The summed E-state index contributed by atoms with van der Waals surface area (Å²) in [6.45, 7) is 8.68. The van der Waals surface area contributed by atoms with Crippen molar-refractivity contribution < 1.29 is 19.6 Å². The van der Waals surface area contributed by atoms with E-state index in [9.17, 15) is 9.59 Å². The number of ether oxygens (including phenoxy) is 1. The quantitative estimate of drug-likeness (QED) is 0.561. The number of fused-ring (bicyclic) bond motifs is 1. The molecule has 0 saturated heterocycles. The zero-order chi connectivity index (χ0) is 22.4. The summed E-state index contributed by atoms with van der Waals surface area (Å²) in [6.07, 6.45) is 4.97. The van der Waals surface area contributed by atoms with Crippen LogP contribution < -0.4 is 10.6 Å². The van der Waals surface area contributed by atoms with Crippen molar-refractivity contribution in [2.45, 2.75) is 71.9 Å². The lowest BCUT2D eigenvalue weighted by atomic mass is 9.88. The Hall–Kier alpha value is -2.18. The Balaban J connectivity index is 1.91. The molecule has 3 atom stereocenters. The van der Waals surface area contributed by atoms with Crippen molar-refractivity contribution in [1.29, 1.82) is 0 Å². The molecule has 1 aromatic heterocycles. The van der Waals surface area contributed by atoms with Gasteiger partial charge in [-0.3, -0.25) is 4.79 Å². The second kappa shape index (κ2) is 10.9. The molecule has 2 aromatic rings. The first-order chi connectivity index (χ1) is 14.9. The fourth-order valence-electron chi connectivity index (χ4n) is 4.34. The van der Waals surface area contributed by atoms with E-state index in [0.29, 0.717) is 29.1 Å². The molecule has 0 spiro atoms. The van der Waals surface area contributed by atoms with Crippen molar-refractivity contribution in [2.75, 3.05) is 11.9 Å². The predicted octanol–water partition coefficient (Wildman–Crippen LogP) is 4.48. The Morgan fingerprint density at radius 2 is 2.00 bits per heavy atom. The van der Waals surface area contributed by atoms with Crippen LogP contribution in [0.2, 0.25) is 0 Å². The average Bonchev–Trinajstić information content (AvgIpc) is 3.09. The molecule has 0 unspecified atom stereocenters. The minimum Gasteiger partial charge on any atom is -0.462 e. The minimum atomic E-state index is -0.365. The molecule has 5 nitrogen and oxygen atoms in total. The number of nitrogens with two attached hydrogens (primary N) is 1. The summed E-state index contributed by atoms with van der Waals surface area (Å²) in [5, 5.41) is 5.89. The predicted molar refractivity (Wildman–Crippen MR) is 126 cm³/mol. The van der Waals surface area contributed by atoms with Crippen LogP contribution in [-0.2, 0) is 22.4 Å². The fraction of sp³-hybridized carbons (Fsp3) is 0.520. The largest absolute Gasteiger partial charge is 0.462 e. The van der Waals surface area contributed by atoms with Crippen LogP contribution >= 0.6 is 11.3 Å². The molecule has 0 saturated carbocycles. The number of amides is 1. The van der Waals surface area contributed by atoms with Crippen LogP contribution in [0.1, 0.15) is 79.4 Å². The molecule has 31 heavy (non-hydrogen) atoms. The van der Waals surface area contributed by atoms with Crippen LogP contribution in [-0.4, -0.2) is 24.5 Å². The van der Waals surface area contributed by atoms with Crippen LogP contribution in [0.5, 0.6) is 0 Å². The van der Waals surface area contributed by atoms with Gasteiger partial charge in [-0.05, 0) is 51.0 Å². The number of benzene rings is 1. The first-order valence-electron chi connectivity index (χ1n) is 11.5. The van der Waals surface area contributed by atoms with E-state index in [-0.39, 0.29) is 17.9 Å². The van der Waals surface area contributed by atoms with Gasteiger partial charge in [0, 0.05) is 10.4 Å². The van der Waals surface area contributed by atoms with E-state index >= 15 is 0 Å². The zero-order valence-corrected chi connectivity index (χ0v) is 19.9. The van der Waals surface area contributed by atoms with Crippen LogP contribution in [0.4, 0.5) is 5.00 Å². The molecule has 0 aliphatic heterocycles. The van der Waals surface area contributed by atoms with Gasteiger partial charge in [-0.2, -0.15) is 0 Å². The molecule has 1 aromatic carbocycles. The molecule has 1 aliphatic rings. The SMILES string of the molecule is CCC[C@@H](C)[NH2+][C@@H](C(=O)Nc1sc2c(c1C(=O)OCC)CC[C@@H](C)C2)c1ccccc1. The average molecular weight is 444 g/mol. The third-order valence-electron chi connectivity index (χ3n) is 5.93. The molecule has 1 amide bonds. The normalized spacial score (nSPS) is 17.5. The number of esters is 1. The number of rotatable bonds is 9. The van der Waals surface area contributed by atoms with Crippen molar-refractivity contribution in [1.82, 2.24) is 0 Å². The molecule has 1 aliphatic carbocycles. The number of hydrogen-bond acceptors (Lipinski definition) is 4. The van der Waals surface area contributed by atoms with E-state index in [2.05, 4.69) is 31.4 Å². The Labute approximate surface area is 189 Å². The Bertz CT molecular complexity index is 894. The molecule has 0 radical (unpaired) electrons. The van der Waals surface area contributed by atoms with Gasteiger partial charge in [0.1, 0.15) is 5.00 Å². The smallest absolute Gasteiger partial charge is 0.341 e. The van der Waals surface area contributed by atoms with Gasteiger partial charge in [0.15, 0.2) is 6.04 Å². The molecule has 168 valence electrons. The fourth-order valence-corrected chi connectivity index (χ4v) is 5.74. The third kappa shape index (κ3) is 5.74. The van der Waals surface area contributed by atoms with Crippen molar-refractivity contribution in [3.63, 3.8) is 0 Å². The highest BCUT2D eigenvalue weighted by Crippen LogP contribution is 2.40. The van der Waals surface area contributed by atoms with E-state index in [1.165, 1.54) is 4.88 Å². The monoisotopic (exact) mass is 443 g/mol. The number of hydrogen-bond donors (Lipinski definition) is 2. The number of quaternary nitrogens is 1. The second-order valence-corrected chi connectivity index (χ2v) is 9.72. The van der Waals surface area contributed by atoms with Crippen LogP contribution in [0.25, 0.3) is 0 Å². The maximum Gasteiger partial charge on any atom is 0.341 e. The van der Waals surface area contributed by atoms with Crippen LogP contribution in [0, 0.1) is 5.92 Å². The zero-order valence-electron chi connectivity index (χ0n) is 19.1. The Kier molecular flexibility index (Phi) is 8.27. The molecule has 1 heterocycles. The lowest BCUT2D eigenvalue weighted by Crippen LogP contribution is -2.91. The van der Waals surface area contributed by atoms with Crippen molar-refractivity contribution in [3.8, 4) is 0 Å². The summed E-state index contributed by atoms with van der Waals surface area (Å²) >= 11 is 1.54. The van der Waals surface area contributed by atoms with E-state index < -0.39 is 0 Å². The van der Waals surface area contributed by atoms with E-state index in [4.69, 9.17) is 4.74 Å². The van der Waals surface area contributed by atoms with Gasteiger partial charge in [-0.1, -0.05) is 50.6 Å². The number of carbonyl (C=O) groups is 2. The number of nitrogens with one attached hydrogen (secondary N) is 1. The van der Waals surface area contributed by atoms with Gasteiger partial charge >= 0.3 is 5.97 Å². The summed E-state index contributed by atoms with van der Waals surface area (Å²) in [7, 11) is 0. The topological polar surface area (TPSA) is 72.0 Å². The molecular formula is C25H35N2O3S+. The van der Waals surface area contributed by atoms with Gasteiger partial charge in [0.25, 0.3) is 5.91 Å². The molecule has 0 bridgehead atoms. The molecule has 3 N–H and O–H groups in total. The highest BCUT2D eigenvalue weighted by molar-refractivity contribution is 7.17. The maximum atomic E-state index is 13.5. The Morgan fingerprint density at radius 1 is 1.26 bits per heavy atom. The Morgan fingerprint density at radius 3 is 2.68 bits per heavy atom. The standard InChI is InChI=1S/C25H34N2O3S/c1-5-10-17(4)26-22(18-11-8-7-9-12-18)23(28)27-24-21(25(29)30-6-2)19-14-13-16(3)15-20(19)31-24/h7-9,11-12,16-17,22,26H,5-6,10,13-15H2,1-4H3,(H,27,28)/p+1/t16-,17-,22-/m1/s1. The first-order valence-corrected chi connectivity index (χ1v) is 12.3. The number of carbonyl (C=O) groups excluding carboxylic acids is 2. The van der Waals surface area contributed by atoms with Gasteiger partial charge in [0.2, 0.25) is 0 Å². The highest BCUT2D eigenvalue weighted by Gasteiger charge is 2.32.